The van der Waals surface area contributed by atoms with Gasteiger partial charge in [-0.2, -0.15) is 0 Å². The van der Waals surface area contributed by atoms with Gasteiger partial charge < -0.3 is 14.2 Å². The molecule has 8 atom stereocenters. The Kier molecular flexibility index (Phi) is 4.22. The molecule has 6 nitrogen and oxygen atoms in total. The molecule has 0 aromatic rings. The van der Waals surface area contributed by atoms with E-state index in [2.05, 4.69) is 20.4 Å². The van der Waals surface area contributed by atoms with Crippen LogP contribution in [0.1, 0.15) is 52.9 Å². The van der Waals surface area contributed by atoms with Crippen LogP contribution in [0.5, 0.6) is 0 Å². The average molecular weight is 352 g/mol. The molecule has 0 radical (unpaired) electrons. The number of hydrogen-bond donors (Lipinski definition) is 0. The highest BCUT2D eigenvalue weighted by atomic mass is 17.3. The first kappa shape index (κ1) is 17.5. The summed E-state index contributed by atoms with van der Waals surface area (Å²) in [6.45, 7) is 9.81. The van der Waals surface area contributed by atoms with Crippen molar-refractivity contribution in [3.63, 3.8) is 0 Å². The predicted octanol–water partition coefficient (Wildman–Crippen LogP) is 3.31. The Labute approximate surface area is 148 Å². The van der Waals surface area contributed by atoms with Crippen LogP contribution in [0.4, 0.5) is 0 Å². The SMILES string of the molecule is C=CCC(=O)O[C@@H]1O[C@@H]2O[C@@]3(C)CC[C@@H]4[C@H](C)CC[C@H]([C@@H]1C)[C@@]24OO3. The van der Waals surface area contributed by atoms with E-state index in [1.165, 1.54) is 6.08 Å². The van der Waals surface area contributed by atoms with Gasteiger partial charge >= 0.3 is 5.97 Å². The van der Waals surface area contributed by atoms with Gasteiger partial charge in [-0.3, -0.25) is 4.79 Å². The van der Waals surface area contributed by atoms with Gasteiger partial charge in [0.05, 0.1) is 6.42 Å². The van der Waals surface area contributed by atoms with E-state index in [1.54, 1.807) is 0 Å². The Bertz CT molecular complexity index is 564. The number of fused-ring (bicyclic) bond motifs is 2. The number of carbonyl (C=O) groups excluding carboxylic acids is 1. The van der Waals surface area contributed by atoms with E-state index in [1.807, 2.05) is 6.92 Å². The Morgan fingerprint density at radius 3 is 2.80 bits per heavy atom. The fourth-order valence-electron chi connectivity index (χ4n) is 5.30. The lowest BCUT2D eigenvalue weighted by Crippen LogP contribution is -2.70. The van der Waals surface area contributed by atoms with Gasteiger partial charge in [0.25, 0.3) is 0 Å². The number of esters is 1. The summed E-state index contributed by atoms with van der Waals surface area (Å²) in [5, 5.41) is 0. The molecule has 0 N–H and O–H groups in total. The Morgan fingerprint density at radius 2 is 2.04 bits per heavy atom. The fourth-order valence-corrected chi connectivity index (χ4v) is 5.30. The highest BCUT2D eigenvalue weighted by Gasteiger charge is 2.69. The molecular weight excluding hydrogens is 324 g/mol. The zero-order valence-electron chi connectivity index (χ0n) is 15.2. The summed E-state index contributed by atoms with van der Waals surface area (Å²) in [6, 6.07) is 0. The lowest BCUT2D eigenvalue weighted by atomic mass is 9.58. The molecule has 25 heavy (non-hydrogen) atoms. The first-order valence-electron chi connectivity index (χ1n) is 9.40. The van der Waals surface area contributed by atoms with Crippen LogP contribution < -0.4 is 0 Å². The zero-order chi connectivity index (χ0) is 17.8. The van der Waals surface area contributed by atoms with Crippen molar-refractivity contribution in [2.75, 3.05) is 0 Å². The van der Waals surface area contributed by atoms with Gasteiger partial charge in [0.15, 0.2) is 11.9 Å². The minimum Gasteiger partial charge on any atom is -0.435 e. The summed E-state index contributed by atoms with van der Waals surface area (Å²) in [4.78, 5) is 23.8. The van der Waals surface area contributed by atoms with Crippen molar-refractivity contribution in [1.29, 1.82) is 0 Å². The summed E-state index contributed by atoms with van der Waals surface area (Å²) in [7, 11) is 0. The number of carbonyl (C=O) groups is 1. The van der Waals surface area contributed by atoms with E-state index in [-0.39, 0.29) is 24.2 Å². The first-order valence-corrected chi connectivity index (χ1v) is 9.40. The summed E-state index contributed by atoms with van der Waals surface area (Å²) in [5.41, 5.74) is -0.617. The molecule has 2 bridgehead atoms. The van der Waals surface area contributed by atoms with Crippen LogP contribution in [-0.2, 0) is 28.8 Å². The molecule has 0 aromatic heterocycles. The van der Waals surface area contributed by atoms with E-state index in [0.717, 1.165) is 25.7 Å². The fraction of sp³-hybridized carbons (Fsp3) is 0.842. The molecule has 140 valence electrons. The van der Waals surface area contributed by atoms with Gasteiger partial charge in [0, 0.05) is 18.3 Å². The maximum absolute atomic E-state index is 12.0. The van der Waals surface area contributed by atoms with E-state index in [4.69, 9.17) is 24.0 Å². The standard InChI is InChI=1S/C19H28O6/c1-5-6-15(20)21-16-12(3)14-8-7-11(2)13-9-10-18(4)23-17(22-16)19(13,14)25-24-18/h5,11-14,16-17H,1,6-10H2,2-4H3/t11-,12+,13-,14-,16-,17-,18-,19-/m1/s1. The third-order valence-corrected chi connectivity index (χ3v) is 6.66. The highest BCUT2D eigenvalue weighted by Crippen LogP contribution is 2.60. The molecule has 0 amide bonds. The molecule has 1 aliphatic carbocycles. The quantitative estimate of drug-likeness (QED) is 0.441. The predicted molar refractivity (Wildman–Crippen MR) is 87.7 cm³/mol. The molecule has 0 unspecified atom stereocenters. The molecule has 4 saturated heterocycles. The topological polar surface area (TPSA) is 63.2 Å². The largest absolute Gasteiger partial charge is 0.435 e. The average Bonchev–Trinajstić information content (AvgIpc) is 2.79. The van der Waals surface area contributed by atoms with Crippen molar-refractivity contribution in [2.45, 2.75) is 76.8 Å². The molecule has 5 rings (SSSR count). The van der Waals surface area contributed by atoms with E-state index in [9.17, 15) is 4.79 Å². The van der Waals surface area contributed by atoms with Gasteiger partial charge in [-0.25, -0.2) is 9.78 Å². The Balaban J connectivity index is 1.67. The van der Waals surface area contributed by atoms with Crippen LogP contribution in [0.15, 0.2) is 12.7 Å². The first-order chi connectivity index (χ1) is 11.9. The number of rotatable bonds is 3. The molecule has 4 aliphatic heterocycles. The maximum Gasteiger partial charge on any atom is 0.311 e. The summed E-state index contributed by atoms with van der Waals surface area (Å²) in [6.07, 6.45) is 4.37. The smallest absolute Gasteiger partial charge is 0.311 e. The zero-order valence-corrected chi connectivity index (χ0v) is 15.2. The molecule has 0 aromatic carbocycles. The Hall–Kier alpha value is -0.950. The van der Waals surface area contributed by atoms with Crippen LogP contribution in [0.3, 0.4) is 0 Å². The van der Waals surface area contributed by atoms with Crippen LogP contribution in [-0.4, -0.2) is 29.9 Å². The van der Waals surface area contributed by atoms with E-state index < -0.39 is 24.0 Å². The minimum absolute atomic E-state index is 0.00896. The van der Waals surface area contributed by atoms with Crippen LogP contribution in [0.25, 0.3) is 0 Å². The molecule has 1 spiro atoms. The number of ether oxygens (including phenoxy) is 3. The summed E-state index contributed by atoms with van der Waals surface area (Å²) in [5.74, 6) is -0.139. The molecule has 5 fully saturated rings. The minimum atomic E-state index is -0.812. The van der Waals surface area contributed by atoms with Crippen molar-refractivity contribution >= 4 is 5.97 Å². The van der Waals surface area contributed by atoms with Crippen molar-refractivity contribution in [3.05, 3.63) is 12.7 Å². The van der Waals surface area contributed by atoms with Gasteiger partial charge in [-0.05, 0) is 38.0 Å². The van der Waals surface area contributed by atoms with E-state index >= 15 is 0 Å². The van der Waals surface area contributed by atoms with Crippen molar-refractivity contribution in [3.8, 4) is 0 Å². The molecule has 5 aliphatic rings. The lowest BCUT2D eigenvalue weighted by molar-refractivity contribution is -0.576. The lowest BCUT2D eigenvalue weighted by Gasteiger charge is -2.59. The second-order valence-corrected chi connectivity index (χ2v) is 8.26. The molecular formula is C19H28O6. The second-order valence-electron chi connectivity index (χ2n) is 8.26. The molecule has 1 saturated carbocycles. The molecule has 4 heterocycles. The third-order valence-electron chi connectivity index (χ3n) is 6.66. The maximum atomic E-state index is 12.0. The van der Waals surface area contributed by atoms with Crippen LogP contribution in [0, 0.1) is 23.7 Å². The Morgan fingerprint density at radius 1 is 1.24 bits per heavy atom. The van der Waals surface area contributed by atoms with Gasteiger partial charge in [-0.1, -0.05) is 19.9 Å². The van der Waals surface area contributed by atoms with Crippen LogP contribution >= 0.6 is 0 Å². The normalized spacial score (nSPS) is 51.3. The van der Waals surface area contributed by atoms with Gasteiger partial charge in [0.2, 0.25) is 12.1 Å². The van der Waals surface area contributed by atoms with Gasteiger partial charge in [0.1, 0.15) is 0 Å². The molecule has 6 heteroatoms. The number of hydrogen-bond acceptors (Lipinski definition) is 6. The monoisotopic (exact) mass is 352 g/mol. The summed E-state index contributed by atoms with van der Waals surface area (Å²) >= 11 is 0. The van der Waals surface area contributed by atoms with Gasteiger partial charge in [-0.15, -0.1) is 6.58 Å². The highest BCUT2D eigenvalue weighted by molar-refractivity contribution is 5.71. The third kappa shape index (κ3) is 2.57. The van der Waals surface area contributed by atoms with E-state index in [0.29, 0.717) is 11.8 Å². The second kappa shape index (κ2) is 6.05. The van der Waals surface area contributed by atoms with Crippen LogP contribution in [0.2, 0.25) is 0 Å². The van der Waals surface area contributed by atoms with Crippen molar-refractivity contribution in [2.24, 2.45) is 23.7 Å². The van der Waals surface area contributed by atoms with Crippen molar-refractivity contribution < 1.29 is 28.8 Å². The van der Waals surface area contributed by atoms with Crippen molar-refractivity contribution in [1.82, 2.24) is 0 Å². The summed E-state index contributed by atoms with van der Waals surface area (Å²) < 4.78 is 18.0.